The van der Waals surface area contributed by atoms with Gasteiger partial charge in [0, 0.05) is 5.92 Å². The fourth-order valence-electron chi connectivity index (χ4n) is 3.63. The average Bonchev–Trinajstić information content (AvgIpc) is 3.36. The Hall–Kier alpha value is -2.63. The van der Waals surface area contributed by atoms with Crippen LogP contribution < -0.4 is 10.1 Å². The molecular weight excluding hydrogens is 304 g/mol. The summed E-state index contributed by atoms with van der Waals surface area (Å²) in [5.74, 6) is 2.07. The number of nitrogens with one attached hydrogen (secondary N) is 1. The summed E-state index contributed by atoms with van der Waals surface area (Å²) in [6.45, 7) is 0.409. The fraction of sp³-hybridized carbons (Fsp3) is 0.389. The predicted octanol–water partition coefficient (Wildman–Crippen LogP) is 2.10. The molecule has 1 aromatic heterocycles. The first-order valence-electron chi connectivity index (χ1n) is 8.24. The van der Waals surface area contributed by atoms with E-state index in [1.807, 2.05) is 30.5 Å². The predicted molar refractivity (Wildman–Crippen MR) is 88.6 cm³/mol. The summed E-state index contributed by atoms with van der Waals surface area (Å²) >= 11 is 0. The maximum absolute atomic E-state index is 12.3. The van der Waals surface area contributed by atoms with Crippen molar-refractivity contribution in [3.8, 4) is 11.4 Å². The highest BCUT2D eigenvalue weighted by Gasteiger charge is 2.39. The molecule has 2 bridgehead atoms. The van der Waals surface area contributed by atoms with E-state index in [2.05, 4.69) is 27.8 Å². The molecule has 1 aromatic carbocycles. The number of rotatable bonds is 5. The normalized spacial score (nSPS) is 24.3. The number of nitrogens with zero attached hydrogens (tertiary/aromatic N) is 3. The Morgan fingerprint density at radius 1 is 1.29 bits per heavy atom. The third-order valence-corrected chi connectivity index (χ3v) is 4.94. The number of amides is 1. The maximum Gasteiger partial charge on any atom is 0.224 e. The SMILES string of the molecule is COc1ccc(-n2cc(CNC(=O)[C@H]3C[C@H]4C=C[C@H]3C4)nn2)cc1. The summed E-state index contributed by atoms with van der Waals surface area (Å²) in [6, 6.07) is 7.58. The summed E-state index contributed by atoms with van der Waals surface area (Å²) in [5.41, 5.74) is 1.65. The van der Waals surface area contributed by atoms with Crippen molar-refractivity contribution in [2.24, 2.45) is 17.8 Å². The van der Waals surface area contributed by atoms with Gasteiger partial charge in [-0.1, -0.05) is 17.4 Å². The van der Waals surface area contributed by atoms with Gasteiger partial charge in [-0.2, -0.15) is 0 Å². The van der Waals surface area contributed by atoms with Crippen molar-refractivity contribution >= 4 is 5.91 Å². The third-order valence-electron chi connectivity index (χ3n) is 4.94. The second-order valence-corrected chi connectivity index (χ2v) is 6.46. The van der Waals surface area contributed by atoms with Crippen molar-refractivity contribution in [1.82, 2.24) is 20.3 Å². The standard InChI is InChI=1S/C18H20N4O2/c1-24-16-6-4-15(5-7-16)22-11-14(20-21-22)10-19-18(23)17-9-12-2-3-13(17)8-12/h2-7,11-13,17H,8-10H2,1H3,(H,19,23)/t12-,13-,17-/m0/s1. The highest BCUT2D eigenvalue weighted by atomic mass is 16.5. The van der Waals surface area contributed by atoms with Gasteiger partial charge < -0.3 is 10.1 Å². The van der Waals surface area contributed by atoms with E-state index in [4.69, 9.17) is 4.74 Å². The third kappa shape index (κ3) is 2.79. The molecule has 0 saturated heterocycles. The van der Waals surface area contributed by atoms with Gasteiger partial charge in [-0.25, -0.2) is 4.68 Å². The summed E-state index contributed by atoms with van der Waals surface area (Å²) in [6.07, 6.45) is 8.38. The highest BCUT2D eigenvalue weighted by molar-refractivity contribution is 5.79. The van der Waals surface area contributed by atoms with E-state index in [1.54, 1.807) is 11.8 Å². The molecular formula is C18H20N4O2. The molecule has 1 heterocycles. The number of allylic oxidation sites excluding steroid dienone is 2. The minimum atomic E-state index is 0.122. The summed E-state index contributed by atoms with van der Waals surface area (Å²) in [5, 5.41) is 11.3. The van der Waals surface area contributed by atoms with E-state index in [1.165, 1.54) is 0 Å². The van der Waals surface area contributed by atoms with Crippen molar-refractivity contribution < 1.29 is 9.53 Å². The molecule has 6 nitrogen and oxygen atoms in total. The van der Waals surface area contributed by atoms with Gasteiger partial charge in [-0.15, -0.1) is 5.10 Å². The second-order valence-electron chi connectivity index (χ2n) is 6.46. The monoisotopic (exact) mass is 324 g/mol. The molecule has 124 valence electrons. The minimum Gasteiger partial charge on any atom is -0.497 e. The van der Waals surface area contributed by atoms with Gasteiger partial charge in [0.2, 0.25) is 5.91 Å². The average molecular weight is 324 g/mol. The number of carbonyl (C=O) groups is 1. The van der Waals surface area contributed by atoms with Gasteiger partial charge >= 0.3 is 0 Å². The van der Waals surface area contributed by atoms with Crippen molar-refractivity contribution in [3.05, 3.63) is 48.3 Å². The van der Waals surface area contributed by atoms with Crippen molar-refractivity contribution in [2.45, 2.75) is 19.4 Å². The van der Waals surface area contributed by atoms with E-state index in [0.29, 0.717) is 18.4 Å². The molecule has 3 atom stereocenters. The van der Waals surface area contributed by atoms with Gasteiger partial charge in [0.05, 0.1) is 25.5 Å². The van der Waals surface area contributed by atoms with Crippen LogP contribution in [0.5, 0.6) is 5.75 Å². The summed E-state index contributed by atoms with van der Waals surface area (Å²) < 4.78 is 6.84. The van der Waals surface area contributed by atoms with Crippen LogP contribution >= 0.6 is 0 Å². The Morgan fingerprint density at radius 3 is 2.79 bits per heavy atom. The molecule has 1 amide bonds. The number of carbonyl (C=O) groups excluding carboxylic acids is 1. The van der Waals surface area contributed by atoms with Crippen LogP contribution in [0.2, 0.25) is 0 Å². The summed E-state index contributed by atoms with van der Waals surface area (Å²) in [7, 11) is 1.64. The van der Waals surface area contributed by atoms with Crippen LogP contribution in [-0.2, 0) is 11.3 Å². The molecule has 0 radical (unpaired) electrons. The minimum absolute atomic E-state index is 0.122. The topological polar surface area (TPSA) is 69.0 Å². The quantitative estimate of drug-likeness (QED) is 0.855. The van der Waals surface area contributed by atoms with E-state index < -0.39 is 0 Å². The maximum atomic E-state index is 12.3. The Bertz CT molecular complexity index is 766. The van der Waals surface area contributed by atoms with E-state index in [-0.39, 0.29) is 11.8 Å². The molecule has 0 unspecified atom stereocenters. The molecule has 4 rings (SSSR count). The summed E-state index contributed by atoms with van der Waals surface area (Å²) in [4.78, 5) is 12.3. The zero-order chi connectivity index (χ0) is 16.5. The van der Waals surface area contributed by atoms with Crippen LogP contribution in [0.1, 0.15) is 18.5 Å². The van der Waals surface area contributed by atoms with E-state index in [9.17, 15) is 4.79 Å². The lowest BCUT2D eigenvalue weighted by molar-refractivity contribution is -0.125. The lowest BCUT2D eigenvalue weighted by Gasteiger charge is -2.16. The van der Waals surface area contributed by atoms with Crippen LogP contribution in [0.15, 0.2) is 42.6 Å². The number of aromatic nitrogens is 3. The van der Waals surface area contributed by atoms with Crippen molar-refractivity contribution in [1.29, 1.82) is 0 Å². The van der Waals surface area contributed by atoms with Crippen LogP contribution in [0.4, 0.5) is 0 Å². The Morgan fingerprint density at radius 2 is 2.12 bits per heavy atom. The fourth-order valence-corrected chi connectivity index (χ4v) is 3.63. The molecule has 6 heteroatoms. The first-order chi connectivity index (χ1) is 11.7. The number of methoxy groups -OCH3 is 1. The van der Waals surface area contributed by atoms with Crippen molar-refractivity contribution in [3.63, 3.8) is 0 Å². The number of hydrogen-bond donors (Lipinski definition) is 1. The molecule has 2 aromatic rings. The molecule has 1 saturated carbocycles. The molecule has 0 aliphatic heterocycles. The smallest absolute Gasteiger partial charge is 0.224 e. The van der Waals surface area contributed by atoms with Gasteiger partial charge in [0.25, 0.3) is 0 Å². The van der Waals surface area contributed by atoms with Crippen LogP contribution in [0.3, 0.4) is 0 Å². The molecule has 0 spiro atoms. The Kier molecular flexibility index (Phi) is 3.80. The highest BCUT2D eigenvalue weighted by Crippen LogP contribution is 2.43. The molecule has 1 N–H and O–H groups in total. The molecule has 1 fully saturated rings. The number of fused-ring (bicyclic) bond motifs is 2. The van der Waals surface area contributed by atoms with E-state index >= 15 is 0 Å². The largest absolute Gasteiger partial charge is 0.497 e. The number of benzene rings is 1. The van der Waals surface area contributed by atoms with Gasteiger partial charge in [0.15, 0.2) is 0 Å². The number of hydrogen-bond acceptors (Lipinski definition) is 4. The lowest BCUT2D eigenvalue weighted by Crippen LogP contribution is -2.32. The zero-order valence-electron chi connectivity index (χ0n) is 13.6. The zero-order valence-corrected chi connectivity index (χ0v) is 13.6. The lowest BCUT2D eigenvalue weighted by atomic mass is 9.93. The van der Waals surface area contributed by atoms with Crippen LogP contribution in [-0.4, -0.2) is 28.0 Å². The van der Waals surface area contributed by atoms with Gasteiger partial charge in [-0.3, -0.25) is 4.79 Å². The van der Waals surface area contributed by atoms with Gasteiger partial charge in [-0.05, 0) is 48.9 Å². The number of ether oxygens (including phenoxy) is 1. The van der Waals surface area contributed by atoms with Crippen LogP contribution in [0.25, 0.3) is 5.69 Å². The molecule has 2 aliphatic carbocycles. The Labute approximate surface area is 140 Å². The Balaban J connectivity index is 1.36. The van der Waals surface area contributed by atoms with E-state index in [0.717, 1.165) is 30.0 Å². The first kappa shape index (κ1) is 14.9. The first-order valence-corrected chi connectivity index (χ1v) is 8.24. The second kappa shape index (κ2) is 6.11. The molecule has 2 aliphatic rings. The van der Waals surface area contributed by atoms with Crippen molar-refractivity contribution in [2.75, 3.05) is 7.11 Å². The molecule has 24 heavy (non-hydrogen) atoms. The van der Waals surface area contributed by atoms with Crippen LogP contribution in [0, 0.1) is 17.8 Å². The van der Waals surface area contributed by atoms with Gasteiger partial charge in [0.1, 0.15) is 11.4 Å².